The van der Waals surface area contributed by atoms with Crippen molar-refractivity contribution in [2.24, 2.45) is 7.05 Å². The molecule has 29 heavy (non-hydrogen) atoms. The van der Waals surface area contributed by atoms with E-state index in [1.54, 1.807) is 49.0 Å². The van der Waals surface area contributed by atoms with Crippen molar-refractivity contribution in [2.45, 2.75) is 11.8 Å². The number of nitrogens with one attached hydrogen (secondary N) is 3. The van der Waals surface area contributed by atoms with E-state index in [9.17, 15) is 18.0 Å². The molecule has 9 nitrogen and oxygen atoms in total. The summed E-state index contributed by atoms with van der Waals surface area (Å²) in [5.41, 5.74) is 0.932. The molecular weight excluding hydrogens is 394 g/mol. The van der Waals surface area contributed by atoms with Crippen LogP contribution in [-0.2, 0) is 17.1 Å². The fraction of sp³-hybridized carbons (Fsp3) is 0.158. The molecule has 10 heteroatoms. The average molecular weight is 415 g/mol. The number of aromatic nitrogens is 2. The molecule has 0 unspecified atom stereocenters. The van der Waals surface area contributed by atoms with Crippen LogP contribution < -0.4 is 20.9 Å². The molecule has 3 N–H and O–H groups in total. The van der Waals surface area contributed by atoms with Crippen LogP contribution in [0.1, 0.15) is 5.69 Å². The van der Waals surface area contributed by atoms with Gasteiger partial charge in [-0.2, -0.15) is 4.72 Å². The number of benzene rings is 2. The molecule has 0 bridgehead atoms. The maximum Gasteiger partial charge on any atom is 0.320 e. The number of para-hydroxylation sites is 1. The Hall–Kier alpha value is -3.37. The summed E-state index contributed by atoms with van der Waals surface area (Å²) in [5.74, 6) is 0. The van der Waals surface area contributed by atoms with E-state index in [1.165, 1.54) is 16.8 Å². The van der Waals surface area contributed by atoms with Crippen molar-refractivity contribution in [1.82, 2.24) is 19.4 Å². The summed E-state index contributed by atoms with van der Waals surface area (Å²) in [6.45, 7) is 1.37. The molecule has 0 saturated carbocycles. The predicted molar refractivity (Wildman–Crippen MR) is 110 cm³/mol. The molecule has 0 saturated heterocycles. The van der Waals surface area contributed by atoms with Gasteiger partial charge in [0.2, 0.25) is 10.0 Å². The van der Waals surface area contributed by atoms with Crippen molar-refractivity contribution >= 4 is 21.7 Å². The summed E-state index contributed by atoms with van der Waals surface area (Å²) in [6, 6.07) is 16.1. The molecular formula is C19H21N5O4S. The second kappa shape index (κ2) is 8.33. The number of anilines is 1. The second-order valence-electron chi connectivity index (χ2n) is 6.21. The Balaban J connectivity index is 1.68. The lowest BCUT2D eigenvalue weighted by atomic mass is 10.3. The van der Waals surface area contributed by atoms with Crippen LogP contribution in [0.25, 0.3) is 5.69 Å². The van der Waals surface area contributed by atoms with Crippen LogP contribution in [0.5, 0.6) is 0 Å². The average Bonchev–Trinajstić information content (AvgIpc) is 2.92. The fourth-order valence-electron chi connectivity index (χ4n) is 2.76. The first-order valence-corrected chi connectivity index (χ1v) is 10.2. The minimum absolute atomic E-state index is 0.0897. The molecule has 1 aromatic heterocycles. The smallest absolute Gasteiger partial charge is 0.320 e. The standard InChI is InChI=1S/C19H21N5O4S/c1-14-17(18(25)24(23(14)2)15-9-5-3-6-10-15)22-19(26)20-13-21-29(27,28)16-11-7-4-8-12-16/h3-12,21H,13H2,1-2H3,(H2,20,22,26). The van der Waals surface area contributed by atoms with Gasteiger partial charge in [-0.05, 0) is 31.2 Å². The third-order valence-electron chi connectivity index (χ3n) is 4.36. The van der Waals surface area contributed by atoms with Crippen molar-refractivity contribution in [2.75, 3.05) is 12.0 Å². The molecule has 3 rings (SSSR count). The second-order valence-corrected chi connectivity index (χ2v) is 7.97. The highest BCUT2D eigenvalue weighted by Gasteiger charge is 2.18. The molecule has 0 radical (unpaired) electrons. The van der Waals surface area contributed by atoms with Crippen molar-refractivity contribution in [1.29, 1.82) is 0 Å². The number of carbonyl (C=O) groups is 1. The van der Waals surface area contributed by atoms with Crippen LogP contribution in [0, 0.1) is 6.92 Å². The summed E-state index contributed by atoms with van der Waals surface area (Å²) >= 11 is 0. The van der Waals surface area contributed by atoms with Crippen LogP contribution in [0.2, 0.25) is 0 Å². The zero-order valence-electron chi connectivity index (χ0n) is 15.9. The third-order valence-corrected chi connectivity index (χ3v) is 5.77. The molecule has 0 aliphatic carbocycles. The Morgan fingerprint density at radius 2 is 1.59 bits per heavy atom. The summed E-state index contributed by atoms with van der Waals surface area (Å²) < 4.78 is 29.6. The number of carbonyl (C=O) groups excluding carboxylic acids is 1. The molecule has 152 valence electrons. The largest absolute Gasteiger partial charge is 0.324 e. The van der Waals surface area contributed by atoms with Crippen molar-refractivity contribution < 1.29 is 13.2 Å². The number of hydrogen-bond acceptors (Lipinski definition) is 4. The lowest BCUT2D eigenvalue weighted by molar-refractivity contribution is 0.252. The van der Waals surface area contributed by atoms with Crippen LogP contribution in [0.3, 0.4) is 0 Å². The minimum atomic E-state index is -3.75. The molecule has 0 aliphatic rings. The quantitative estimate of drug-likeness (QED) is 0.530. The maximum absolute atomic E-state index is 12.8. The van der Waals surface area contributed by atoms with Crippen molar-refractivity contribution in [3.8, 4) is 5.69 Å². The van der Waals surface area contributed by atoms with Gasteiger partial charge < -0.3 is 10.6 Å². The number of urea groups is 1. The van der Waals surface area contributed by atoms with Gasteiger partial charge in [-0.25, -0.2) is 17.9 Å². The molecule has 2 aromatic carbocycles. The molecule has 0 spiro atoms. The maximum atomic E-state index is 12.8. The van der Waals surface area contributed by atoms with Crippen LogP contribution in [0.4, 0.5) is 10.5 Å². The Bertz CT molecular complexity index is 1170. The van der Waals surface area contributed by atoms with Gasteiger partial charge in [0.25, 0.3) is 5.56 Å². The Morgan fingerprint density at radius 1 is 1.00 bits per heavy atom. The Labute approximate surface area is 168 Å². The van der Waals surface area contributed by atoms with Crippen LogP contribution >= 0.6 is 0 Å². The number of hydrogen-bond donors (Lipinski definition) is 3. The summed E-state index contributed by atoms with van der Waals surface area (Å²) in [6.07, 6.45) is 0. The summed E-state index contributed by atoms with van der Waals surface area (Å²) in [4.78, 5) is 25.0. The molecule has 0 aliphatic heterocycles. The first kappa shape index (κ1) is 20.4. The predicted octanol–water partition coefficient (Wildman–Crippen LogP) is 1.54. The van der Waals surface area contributed by atoms with Gasteiger partial charge in [0, 0.05) is 7.05 Å². The molecule has 0 fully saturated rings. The van der Waals surface area contributed by atoms with Gasteiger partial charge in [-0.3, -0.25) is 9.48 Å². The summed E-state index contributed by atoms with van der Waals surface area (Å²) in [7, 11) is -2.04. The molecule has 0 atom stereocenters. The highest BCUT2D eigenvalue weighted by molar-refractivity contribution is 7.89. The summed E-state index contributed by atoms with van der Waals surface area (Å²) in [5, 5.41) is 4.88. The zero-order valence-corrected chi connectivity index (χ0v) is 16.7. The highest BCUT2D eigenvalue weighted by Crippen LogP contribution is 2.13. The van der Waals surface area contributed by atoms with Gasteiger partial charge in [0.05, 0.1) is 22.9 Å². The Kier molecular flexibility index (Phi) is 5.85. The van der Waals surface area contributed by atoms with E-state index < -0.39 is 21.6 Å². The first-order valence-electron chi connectivity index (χ1n) is 8.75. The van der Waals surface area contributed by atoms with E-state index in [4.69, 9.17) is 0 Å². The number of nitrogens with zero attached hydrogens (tertiary/aromatic N) is 2. The van der Waals surface area contributed by atoms with E-state index >= 15 is 0 Å². The van der Waals surface area contributed by atoms with E-state index in [0.717, 1.165) is 0 Å². The van der Waals surface area contributed by atoms with Gasteiger partial charge in [-0.1, -0.05) is 36.4 Å². The van der Waals surface area contributed by atoms with Gasteiger partial charge >= 0.3 is 6.03 Å². The van der Waals surface area contributed by atoms with E-state index in [0.29, 0.717) is 11.4 Å². The zero-order chi connectivity index (χ0) is 21.0. The normalized spacial score (nSPS) is 11.2. The Morgan fingerprint density at radius 3 is 2.21 bits per heavy atom. The first-order chi connectivity index (χ1) is 13.8. The molecule has 1 heterocycles. The third kappa shape index (κ3) is 4.39. The number of rotatable bonds is 6. The molecule has 3 aromatic rings. The van der Waals surface area contributed by atoms with Gasteiger partial charge in [-0.15, -0.1) is 0 Å². The van der Waals surface area contributed by atoms with Crippen LogP contribution in [-0.4, -0.2) is 30.5 Å². The topological polar surface area (TPSA) is 114 Å². The van der Waals surface area contributed by atoms with Gasteiger partial charge in [0.1, 0.15) is 5.69 Å². The van der Waals surface area contributed by atoms with Crippen LogP contribution in [0.15, 0.2) is 70.4 Å². The van der Waals surface area contributed by atoms with E-state index in [-0.39, 0.29) is 17.3 Å². The minimum Gasteiger partial charge on any atom is -0.324 e. The number of amides is 2. The van der Waals surface area contributed by atoms with Gasteiger partial charge in [0.15, 0.2) is 0 Å². The monoisotopic (exact) mass is 415 g/mol. The van der Waals surface area contributed by atoms with Crippen molar-refractivity contribution in [3.05, 3.63) is 76.7 Å². The van der Waals surface area contributed by atoms with Crippen molar-refractivity contribution in [3.63, 3.8) is 0 Å². The SMILES string of the molecule is Cc1c(NC(=O)NCNS(=O)(=O)c2ccccc2)c(=O)n(-c2ccccc2)n1C. The van der Waals surface area contributed by atoms with E-state index in [1.807, 2.05) is 18.2 Å². The highest BCUT2D eigenvalue weighted by atomic mass is 32.2. The fourth-order valence-corrected chi connectivity index (χ4v) is 3.71. The number of sulfonamides is 1. The lowest BCUT2D eigenvalue weighted by Gasteiger charge is -2.09. The lowest BCUT2D eigenvalue weighted by Crippen LogP contribution is -2.40. The van der Waals surface area contributed by atoms with E-state index in [2.05, 4.69) is 15.4 Å². The molecule has 2 amide bonds.